The summed E-state index contributed by atoms with van der Waals surface area (Å²) in [5.41, 5.74) is 1.26. The Morgan fingerprint density at radius 2 is 1.43 bits per heavy atom. The van der Waals surface area contributed by atoms with Crippen LogP contribution in [0.25, 0.3) is 6.08 Å². The fourth-order valence-corrected chi connectivity index (χ4v) is 4.67. The topological polar surface area (TPSA) is 87.3 Å². The first-order valence-corrected chi connectivity index (χ1v) is 13.6. The molecule has 0 heterocycles. The maximum atomic E-state index is 13.7. The van der Waals surface area contributed by atoms with E-state index in [1.54, 1.807) is 84.9 Å². The Bertz CT molecular complexity index is 1540. The van der Waals surface area contributed by atoms with Crippen molar-refractivity contribution in [1.82, 2.24) is 5.32 Å². The van der Waals surface area contributed by atoms with Gasteiger partial charge in [-0.25, -0.2) is 4.39 Å². The number of carbonyl (C=O) groups is 3. The fraction of sp³-hybridized carbons (Fsp3) is 0.0333. The lowest BCUT2D eigenvalue weighted by molar-refractivity contribution is -0.114. The largest absolute Gasteiger partial charge is 0.323 e. The van der Waals surface area contributed by atoms with Crippen LogP contribution in [-0.2, 0) is 9.59 Å². The quantitative estimate of drug-likeness (QED) is 0.141. The Kier molecular flexibility index (Phi) is 9.96. The Morgan fingerprint density at radius 1 is 0.775 bits per heavy atom. The number of benzene rings is 4. The maximum Gasteiger partial charge on any atom is 0.272 e. The van der Waals surface area contributed by atoms with Crippen molar-refractivity contribution in [3.05, 3.63) is 130 Å². The van der Waals surface area contributed by atoms with Gasteiger partial charge in [0.05, 0.1) is 11.4 Å². The summed E-state index contributed by atoms with van der Waals surface area (Å²) in [7, 11) is 0. The van der Waals surface area contributed by atoms with Crippen LogP contribution in [0.5, 0.6) is 0 Å². The van der Waals surface area contributed by atoms with Crippen molar-refractivity contribution < 1.29 is 18.8 Å². The number of hydrogen-bond donors (Lipinski definition) is 3. The fourth-order valence-electron chi connectivity index (χ4n) is 3.47. The van der Waals surface area contributed by atoms with Crippen LogP contribution in [-0.4, -0.2) is 23.5 Å². The SMILES string of the molecule is O=C(CSc1ccc(NC(=O)/C(=C/c2c(Cl)cccc2Cl)NC(=O)c2ccccc2)cc1)Nc1ccccc1F. The highest BCUT2D eigenvalue weighted by atomic mass is 35.5. The number of rotatable bonds is 9. The van der Waals surface area contributed by atoms with Crippen LogP contribution in [0.15, 0.2) is 108 Å². The summed E-state index contributed by atoms with van der Waals surface area (Å²) in [6.45, 7) is 0. The summed E-state index contributed by atoms with van der Waals surface area (Å²) >= 11 is 13.8. The maximum absolute atomic E-state index is 13.7. The second-order valence-corrected chi connectivity index (χ2v) is 10.2. The highest BCUT2D eigenvalue weighted by molar-refractivity contribution is 8.00. The van der Waals surface area contributed by atoms with Crippen LogP contribution in [0.1, 0.15) is 15.9 Å². The van der Waals surface area contributed by atoms with Gasteiger partial charge in [0.15, 0.2) is 0 Å². The van der Waals surface area contributed by atoms with E-state index in [-0.39, 0.29) is 23.0 Å². The highest BCUT2D eigenvalue weighted by Gasteiger charge is 2.17. The van der Waals surface area contributed by atoms with E-state index in [9.17, 15) is 18.8 Å². The first kappa shape index (κ1) is 28.9. The molecule has 0 fully saturated rings. The van der Waals surface area contributed by atoms with Crippen molar-refractivity contribution in [3.8, 4) is 0 Å². The molecule has 4 aromatic rings. The van der Waals surface area contributed by atoms with E-state index in [2.05, 4.69) is 16.0 Å². The first-order chi connectivity index (χ1) is 19.3. The van der Waals surface area contributed by atoms with Crippen molar-refractivity contribution >= 4 is 70.1 Å². The van der Waals surface area contributed by atoms with Crippen LogP contribution in [0.3, 0.4) is 0 Å². The molecule has 0 bridgehead atoms. The van der Waals surface area contributed by atoms with Crippen LogP contribution in [0.4, 0.5) is 15.8 Å². The Balaban J connectivity index is 1.44. The Morgan fingerprint density at radius 3 is 2.10 bits per heavy atom. The molecule has 0 radical (unpaired) electrons. The molecule has 6 nitrogen and oxygen atoms in total. The summed E-state index contributed by atoms with van der Waals surface area (Å²) < 4.78 is 13.7. The van der Waals surface area contributed by atoms with Gasteiger partial charge in [0, 0.05) is 31.8 Å². The first-order valence-electron chi connectivity index (χ1n) is 11.9. The molecule has 3 N–H and O–H groups in total. The van der Waals surface area contributed by atoms with Crippen LogP contribution < -0.4 is 16.0 Å². The molecule has 202 valence electrons. The second-order valence-electron chi connectivity index (χ2n) is 8.31. The van der Waals surface area contributed by atoms with Gasteiger partial charge in [-0.2, -0.15) is 0 Å². The van der Waals surface area contributed by atoms with Crippen molar-refractivity contribution in [2.45, 2.75) is 4.90 Å². The van der Waals surface area contributed by atoms with Gasteiger partial charge >= 0.3 is 0 Å². The third-order valence-electron chi connectivity index (χ3n) is 5.45. The van der Waals surface area contributed by atoms with Gasteiger partial charge in [-0.05, 0) is 66.7 Å². The summed E-state index contributed by atoms with van der Waals surface area (Å²) in [5.74, 6) is -1.87. The van der Waals surface area contributed by atoms with E-state index < -0.39 is 17.6 Å². The number of carbonyl (C=O) groups excluding carboxylic acids is 3. The molecule has 0 aromatic heterocycles. The van der Waals surface area contributed by atoms with E-state index in [1.165, 1.54) is 30.0 Å². The van der Waals surface area contributed by atoms with Gasteiger partial charge in [0.1, 0.15) is 11.5 Å². The molecule has 0 aliphatic rings. The van der Waals surface area contributed by atoms with E-state index in [0.29, 0.717) is 26.9 Å². The lowest BCUT2D eigenvalue weighted by Crippen LogP contribution is -2.30. The molecular formula is C30H22Cl2FN3O3S. The van der Waals surface area contributed by atoms with Gasteiger partial charge < -0.3 is 16.0 Å². The smallest absolute Gasteiger partial charge is 0.272 e. The summed E-state index contributed by atoms with van der Waals surface area (Å²) in [5, 5.41) is 8.55. The molecule has 4 rings (SSSR count). The van der Waals surface area contributed by atoms with E-state index in [0.717, 1.165) is 4.90 Å². The molecule has 3 amide bonds. The zero-order valence-corrected chi connectivity index (χ0v) is 23.1. The van der Waals surface area contributed by atoms with E-state index >= 15 is 0 Å². The van der Waals surface area contributed by atoms with Gasteiger partial charge in [-0.1, -0.05) is 59.6 Å². The lowest BCUT2D eigenvalue weighted by Gasteiger charge is -2.13. The zero-order valence-electron chi connectivity index (χ0n) is 20.8. The molecule has 4 aromatic carbocycles. The average Bonchev–Trinajstić information content (AvgIpc) is 2.95. The molecule has 0 saturated carbocycles. The average molecular weight is 594 g/mol. The highest BCUT2D eigenvalue weighted by Crippen LogP contribution is 2.27. The van der Waals surface area contributed by atoms with E-state index in [1.807, 2.05) is 0 Å². The minimum Gasteiger partial charge on any atom is -0.323 e. The summed E-state index contributed by atoms with van der Waals surface area (Å²) in [6, 6.07) is 26.1. The van der Waals surface area contributed by atoms with Crippen LogP contribution in [0.2, 0.25) is 10.0 Å². The Hall–Kier alpha value is -4.11. The van der Waals surface area contributed by atoms with Crippen molar-refractivity contribution in [2.75, 3.05) is 16.4 Å². The number of amides is 3. The predicted molar refractivity (Wildman–Crippen MR) is 159 cm³/mol. The summed E-state index contributed by atoms with van der Waals surface area (Å²) in [6.07, 6.45) is 1.42. The van der Waals surface area contributed by atoms with Gasteiger partial charge in [0.25, 0.3) is 11.8 Å². The third kappa shape index (κ3) is 7.95. The minimum absolute atomic E-state index is 0.0629. The number of halogens is 3. The van der Waals surface area contributed by atoms with Crippen molar-refractivity contribution in [2.24, 2.45) is 0 Å². The lowest BCUT2D eigenvalue weighted by atomic mass is 10.1. The monoisotopic (exact) mass is 593 g/mol. The molecule has 10 heteroatoms. The van der Waals surface area contributed by atoms with Crippen LogP contribution in [0, 0.1) is 5.82 Å². The van der Waals surface area contributed by atoms with Gasteiger partial charge in [-0.3, -0.25) is 14.4 Å². The van der Waals surface area contributed by atoms with E-state index in [4.69, 9.17) is 23.2 Å². The standard InChI is InChI=1S/C30H22Cl2FN3O3S/c31-23-9-6-10-24(32)22(23)17-27(36-29(38)19-7-2-1-3-8-19)30(39)34-20-13-15-21(16-14-20)40-18-28(37)35-26-12-5-4-11-25(26)33/h1-17H,18H2,(H,34,39)(H,35,37)(H,36,38)/b27-17-. The minimum atomic E-state index is -0.593. The number of para-hydroxylation sites is 1. The van der Waals surface area contributed by atoms with Crippen LogP contribution >= 0.6 is 35.0 Å². The number of nitrogens with one attached hydrogen (secondary N) is 3. The molecular weight excluding hydrogens is 572 g/mol. The molecule has 40 heavy (non-hydrogen) atoms. The van der Waals surface area contributed by atoms with Gasteiger partial charge in [-0.15, -0.1) is 11.8 Å². The van der Waals surface area contributed by atoms with Gasteiger partial charge in [0.2, 0.25) is 5.91 Å². The zero-order chi connectivity index (χ0) is 28.5. The second kappa shape index (κ2) is 13.8. The molecule has 0 aliphatic heterocycles. The summed E-state index contributed by atoms with van der Waals surface area (Å²) in [4.78, 5) is 39.0. The Labute approximate surface area is 244 Å². The normalized spacial score (nSPS) is 11.0. The number of anilines is 2. The predicted octanol–water partition coefficient (Wildman–Crippen LogP) is 7.27. The van der Waals surface area contributed by atoms with Crippen molar-refractivity contribution in [3.63, 3.8) is 0 Å². The molecule has 0 unspecified atom stereocenters. The molecule has 0 aliphatic carbocycles. The van der Waals surface area contributed by atoms with Crippen molar-refractivity contribution in [1.29, 1.82) is 0 Å². The number of thioether (sulfide) groups is 1. The number of hydrogen-bond acceptors (Lipinski definition) is 4. The molecule has 0 atom stereocenters. The molecule has 0 spiro atoms. The third-order valence-corrected chi connectivity index (χ3v) is 7.12. The molecule has 0 saturated heterocycles.